The van der Waals surface area contributed by atoms with Crippen LogP contribution in [0.3, 0.4) is 0 Å². The summed E-state index contributed by atoms with van der Waals surface area (Å²) in [5.74, 6) is -0.311. The van der Waals surface area contributed by atoms with Gasteiger partial charge >= 0.3 is 0 Å². The van der Waals surface area contributed by atoms with Crippen LogP contribution in [0.5, 0.6) is 5.75 Å². The van der Waals surface area contributed by atoms with Crippen molar-refractivity contribution in [2.75, 3.05) is 6.61 Å². The molecule has 0 heterocycles. The van der Waals surface area contributed by atoms with Crippen LogP contribution in [0.25, 0.3) is 0 Å². The van der Waals surface area contributed by atoms with Crippen LogP contribution in [-0.2, 0) is 16.1 Å². The van der Waals surface area contributed by atoms with Crippen LogP contribution >= 0.6 is 34.8 Å². The number of halogens is 3. The maximum Gasteiger partial charge on any atom is 0.261 e. The molecule has 0 fully saturated rings. The zero-order valence-corrected chi connectivity index (χ0v) is 19.6. The summed E-state index contributed by atoms with van der Waals surface area (Å²) in [5, 5.41) is 4.11. The van der Waals surface area contributed by atoms with Gasteiger partial charge in [0.15, 0.2) is 6.61 Å². The zero-order chi connectivity index (χ0) is 22.5. The molecule has 0 bridgehead atoms. The van der Waals surface area contributed by atoms with Crippen LogP contribution in [0.1, 0.15) is 33.3 Å². The van der Waals surface area contributed by atoms with E-state index in [0.717, 1.165) is 0 Å². The Hall–Kier alpha value is -1.95. The Morgan fingerprint density at radius 2 is 1.57 bits per heavy atom. The van der Waals surface area contributed by atoms with Crippen LogP contribution in [0, 0.1) is 0 Å². The third-order valence-electron chi connectivity index (χ3n) is 4.24. The maximum absolute atomic E-state index is 13.1. The third-order valence-corrected chi connectivity index (χ3v) is 5.26. The first-order valence-corrected chi connectivity index (χ1v) is 10.5. The summed E-state index contributed by atoms with van der Waals surface area (Å²) >= 11 is 18.7. The number of carbonyl (C=O) groups excluding carboxylic acids is 2. The number of rotatable bonds is 7. The molecule has 2 amide bonds. The number of para-hydroxylation sites is 1. The van der Waals surface area contributed by atoms with Gasteiger partial charge in [-0.25, -0.2) is 0 Å². The van der Waals surface area contributed by atoms with Crippen LogP contribution in [-0.4, -0.2) is 34.9 Å². The van der Waals surface area contributed by atoms with Crippen molar-refractivity contribution in [3.63, 3.8) is 0 Å². The minimum Gasteiger partial charge on any atom is -0.482 e. The lowest BCUT2D eigenvalue weighted by Gasteiger charge is -2.31. The van der Waals surface area contributed by atoms with E-state index in [-0.39, 0.29) is 19.1 Å². The minimum absolute atomic E-state index is 0.0575. The van der Waals surface area contributed by atoms with E-state index in [2.05, 4.69) is 5.32 Å². The molecule has 1 N–H and O–H groups in total. The molecule has 0 saturated carbocycles. The number of amides is 2. The normalized spacial score (nSPS) is 12.2. The summed E-state index contributed by atoms with van der Waals surface area (Å²) in [4.78, 5) is 27.2. The number of carbonyl (C=O) groups is 2. The molecule has 0 spiro atoms. The van der Waals surface area contributed by atoms with Gasteiger partial charge in [-0.2, -0.15) is 0 Å². The number of hydrogen-bond acceptors (Lipinski definition) is 3. The van der Waals surface area contributed by atoms with Crippen LogP contribution in [0.15, 0.2) is 42.5 Å². The lowest BCUT2D eigenvalue weighted by molar-refractivity contribution is -0.142. The van der Waals surface area contributed by atoms with Crippen LogP contribution in [0.4, 0.5) is 0 Å². The number of hydrogen-bond donors (Lipinski definition) is 1. The second kappa shape index (κ2) is 10.4. The van der Waals surface area contributed by atoms with Crippen LogP contribution < -0.4 is 10.1 Å². The fourth-order valence-electron chi connectivity index (χ4n) is 2.69. The second-order valence-electron chi connectivity index (χ2n) is 7.86. The summed E-state index contributed by atoms with van der Waals surface area (Å²) in [5.41, 5.74) is 0.109. The molecule has 0 unspecified atom stereocenters. The first-order valence-electron chi connectivity index (χ1n) is 9.41. The molecule has 2 aromatic rings. The molecule has 162 valence electrons. The smallest absolute Gasteiger partial charge is 0.261 e. The molecule has 0 radical (unpaired) electrons. The molecular formula is C22H25Cl3N2O3. The van der Waals surface area contributed by atoms with Crippen molar-refractivity contribution in [2.45, 2.75) is 45.8 Å². The van der Waals surface area contributed by atoms with E-state index in [1.807, 2.05) is 20.8 Å². The molecule has 0 aromatic heterocycles. The minimum atomic E-state index is -0.779. The van der Waals surface area contributed by atoms with Crippen molar-refractivity contribution in [1.82, 2.24) is 10.2 Å². The number of benzene rings is 2. The van der Waals surface area contributed by atoms with E-state index in [1.54, 1.807) is 49.4 Å². The van der Waals surface area contributed by atoms with Crippen molar-refractivity contribution in [2.24, 2.45) is 0 Å². The van der Waals surface area contributed by atoms with E-state index in [9.17, 15) is 9.59 Å². The quantitative estimate of drug-likeness (QED) is 0.591. The van der Waals surface area contributed by atoms with Crippen molar-refractivity contribution in [3.8, 4) is 5.75 Å². The molecule has 8 heteroatoms. The summed E-state index contributed by atoms with van der Waals surface area (Å²) in [6, 6.07) is 11.2. The molecule has 30 heavy (non-hydrogen) atoms. The molecular weight excluding hydrogens is 447 g/mol. The maximum atomic E-state index is 13.1. The highest BCUT2D eigenvalue weighted by Gasteiger charge is 2.29. The third kappa shape index (κ3) is 6.79. The fourth-order valence-corrected chi connectivity index (χ4v) is 3.40. The van der Waals surface area contributed by atoms with E-state index in [0.29, 0.717) is 26.4 Å². The zero-order valence-electron chi connectivity index (χ0n) is 17.3. The molecule has 0 aliphatic rings. The van der Waals surface area contributed by atoms with Gasteiger partial charge in [-0.3, -0.25) is 9.59 Å². The largest absolute Gasteiger partial charge is 0.482 e. The summed E-state index contributed by atoms with van der Waals surface area (Å²) < 4.78 is 5.59. The van der Waals surface area contributed by atoms with E-state index < -0.39 is 17.5 Å². The van der Waals surface area contributed by atoms with Gasteiger partial charge in [-0.15, -0.1) is 0 Å². The Morgan fingerprint density at radius 1 is 1.00 bits per heavy atom. The monoisotopic (exact) mass is 470 g/mol. The number of ether oxygens (including phenoxy) is 1. The average Bonchev–Trinajstić information content (AvgIpc) is 2.65. The molecule has 0 aliphatic carbocycles. The Morgan fingerprint density at radius 3 is 2.13 bits per heavy atom. The van der Waals surface area contributed by atoms with Gasteiger partial charge in [0, 0.05) is 27.7 Å². The molecule has 5 nitrogen and oxygen atoms in total. The second-order valence-corrected chi connectivity index (χ2v) is 9.08. The van der Waals surface area contributed by atoms with Gasteiger partial charge < -0.3 is 15.0 Å². The molecule has 1 atom stereocenters. The summed E-state index contributed by atoms with van der Waals surface area (Å²) in [6.07, 6.45) is 0. The van der Waals surface area contributed by atoms with E-state index >= 15 is 0 Å². The average molecular weight is 472 g/mol. The van der Waals surface area contributed by atoms with Gasteiger partial charge in [-0.1, -0.05) is 53.0 Å². The van der Waals surface area contributed by atoms with Gasteiger partial charge in [0.25, 0.3) is 5.91 Å². The Kier molecular flexibility index (Phi) is 8.42. The standard InChI is InChI=1S/C22H25Cl3N2O3/c1-14(21(29)26-22(2,3)4)27(12-15-16(23)9-7-10-17(15)24)20(28)13-30-19-11-6-5-8-18(19)25/h5-11,14H,12-13H2,1-4H3,(H,26,29)/t14-/m1/s1. The van der Waals surface area contributed by atoms with E-state index in [1.165, 1.54) is 4.90 Å². The molecule has 2 rings (SSSR count). The van der Waals surface area contributed by atoms with E-state index in [4.69, 9.17) is 39.5 Å². The number of nitrogens with one attached hydrogen (secondary N) is 1. The van der Waals surface area contributed by atoms with Gasteiger partial charge in [0.2, 0.25) is 5.91 Å². The topological polar surface area (TPSA) is 58.6 Å². The molecule has 2 aromatic carbocycles. The predicted octanol–water partition coefficient (Wildman–Crippen LogP) is 5.36. The number of nitrogens with zero attached hydrogens (tertiary/aromatic N) is 1. The Bertz CT molecular complexity index is 892. The lowest BCUT2D eigenvalue weighted by Crippen LogP contribution is -2.53. The highest BCUT2D eigenvalue weighted by atomic mass is 35.5. The van der Waals surface area contributed by atoms with Crippen LogP contribution in [0.2, 0.25) is 15.1 Å². The SMILES string of the molecule is C[C@H](C(=O)NC(C)(C)C)N(Cc1c(Cl)cccc1Cl)C(=O)COc1ccccc1Cl. The Balaban J connectivity index is 2.26. The highest BCUT2D eigenvalue weighted by Crippen LogP contribution is 2.27. The van der Waals surface area contributed by atoms with Gasteiger partial charge in [0.1, 0.15) is 11.8 Å². The first kappa shape index (κ1) is 24.3. The molecule has 0 aliphatic heterocycles. The highest BCUT2D eigenvalue weighted by molar-refractivity contribution is 6.36. The fraction of sp³-hybridized carbons (Fsp3) is 0.364. The van der Waals surface area contributed by atoms with Crippen molar-refractivity contribution < 1.29 is 14.3 Å². The Labute approximate surface area is 192 Å². The predicted molar refractivity (Wildman–Crippen MR) is 121 cm³/mol. The van der Waals surface area contributed by atoms with Crippen molar-refractivity contribution in [1.29, 1.82) is 0 Å². The van der Waals surface area contributed by atoms with Gasteiger partial charge in [-0.05, 0) is 52.0 Å². The van der Waals surface area contributed by atoms with Gasteiger partial charge in [0.05, 0.1) is 5.02 Å². The summed E-state index contributed by atoms with van der Waals surface area (Å²) in [6.45, 7) is 7.03. The van der Waals surface area contributed by atoms with Crippen molar-refractivity contribution in [3.05, 3.63) is 63.1 Å². The first-order chi connectivity index (χ1) is 14.0. The molecule has 0 saturated heterocycles. The van der Waals surface area contributed by atoms with Crippen molar-refractivity contribution >= 4 is 46.6 Å². The summed E-state index contributed by atoms with van der Waals surface area (Å²) in [7, 11) is 0. The lowest BCUT2D eigenvalue weighted by atomic mass is 10.1.